The van der Waals surface area contributed by atoms with E-state index in [1.807, 2.05) is 24.3 Å². The van der Waals surface area contributed by atoms with Gasteiger partial charge in [-0.3, -0.25) is 9.59 Å². The Labute approximate surface area is 150 Å². The van der Waals surface area contributed by atoms with Crippen molar-refractivity contribution in [1.29, 1.82) is 0 Å². The maximum Gasteiger partial charge on any atom is 0.319 e. The van der Waals surface area contributed by atoms with Crippen LogP contribution >= 0.6 is 0 Å². The number of rotatable bonds is 4. The molecule has 1 aromatic rings. The minimum atomic E-state index is -1.42. The molecule has 0 radical (unpaired) electrons. The zero-order chi connectivity index (χ0) is 18.5. The molecular formula is C19H20O7. The van der Waals surface area contributed by atoms with Gasteiger partial charge in [0.25, 0.3) is 0 Å². The fourth-order valence-electron chi connectivity index (χ4n) is 6.59. The highest BCUT2D eigenvalue weighted by Gasteiger charge is 3.11. The summed E-state index contributed by atoms with van der Waals surface area (Å²) in [6, 6.07) is 7.90. The molecule has 2 saturated carbocycles. The molecule has 5 rings (SSSR count). The van der Waals surface area contributed by atoms with E-state index >= 15 is 0 Å². The number of benzene rings is 1. The van der Waals surface area contributed by atoms with Crippen LogP contribution in [0.2, 0.25) is 0 Å². The first-order chi connectivity index (χ1) is 12.5. The lowest BCUT2D eigenvalue weighted by Crippen LogP contribution is -2.56. The fraction of sp³-hybridized carbons (Fsp3) is 0.579. The van der Waals surface area contributed by atoms with Gasteiger partial charge in [0, 0.05) is 26.1 Å². The smallest absolute Gasteiger partial charge is 0.319 e. The van der Waals surface area contributed by atoms with Crippen LogP contribution in [0, 0.1) is 22.7 Å². The van der Waals surface area contributed by atoms with Gasteiger partial charge in [-0.1, -0.05) is 24.3 Å². The second kappa shape index (κ2) is 4.65. The number of methoxy groups -OCH3 is 4. The molecule has 2 heterocycles. The van der Waals surface area contributed by atoms with Crippen molar-refractivity contribution in [3.63, 3.8) is 0 Å². The highest BCUT2D eigenvalue weighted by atomic mass is 16.7. The van der Waals surface area contributed by atoms with Crippen LogP contribution in [-0.2, 0) is 33.3 Å². The fourth-order valence-corrected chi connectivity index (χ4v) is 6.59. The molecule has 2 aliphatic heterocycles. The van der Waals surface area contributed by atoms with Crippen LogP contribution in [0.25, 0.3) is 0 Å². The Morgan fingerprint density at radius 3 is 1.62 bits per heavy atom. The summed E-state index contributed by atoms with van der Waals surface area (Å²) in [5, 5.41) is 0. The van der Waals surface area contributed by atoms with E-state index in [1.165, 1.54) is 28.4 Å². The standard InChI is InChI=1S/C19H20O7/c1-22-15(20)17-11-12(14-10-8-6-5-7-9(10)13(11)26-14)18(17,16(21)23-2)19(17,24-3)25-4/h5-8,11-14H,1-4H3/t11?,12?,13-,14+,17-,18+. The monoisotopic (exact) mass is 360 g/mol. The van der Waals surface area contributed by atoms with Gasteiger partial charge in [-0.2, -0.15) is 0 Å². The van der Waals surface area contributed by atoms with Crippen LogP contribution in [0.3, 0.4) is 0 Å². The number of esters is 2. The molecule has 1 aromatic carbocycles. The molecule has 0 N–H and O–H groups in total. The molecule has 138 valence electrons. The zero-order valence-electron chi connectivity index (χ0n) is 15.0. The topological polar surface area (TPSA) is 80.3 Å². The van der Waals surface area contributed by atoms with Crippen molar-refractivity contribution in [1.82, 2.24) is 0 Å². The molecule has 0 aromatic heterocycles. The van der Waals surface area contributed by atoms with E-state index in [1.54, 1.807) is 0 Å². The van der Waals surface area contributed by atoms with Crippen LogP contribution in [0.5, 0.6) is 0 Å². The van der Waals surface area contributed by atoms with Crippen LogP contribution in [0.15, 0.2) is 24.3 Å². The number of ether oxygens (including phenoxy) is 5. The van der Waals surface area contributed by atoms with Crippen LogP contribution in [0.1, 0.15) is 23.3 Å². The summed E-state index contributed by atoms with van der Waals surface area (Å²) >= 11 is 0. The Kier molecular flexibility index (Phi) is 2.91. The summed E-state index contributed by atoms with van der Waals surface area (Å²) in [5.41, 5.74) is -0.451. The van der Waals surface area contributed by atoms with E-state index in [2.05, 4.69) is 0 Å². The Morgan fingerprint density at radius 2 is 1.27 bits per heavy atom. The molecule has 7 nitrogen and oxygen atoms in total. The van der Waals surface area contributed by atoms with E-state index in [0.717, 1.165) is 11.1 Å². The summed E-state index contributed by atoms with van der Waals surface area (Å²) in [7, 11) is 5.51. The number of carbonyl (C=O) groups excluding carboxylic acids is 2. The van der Waals surface area contributed by atoms with E-state index < -0.39 is 28.6 Å². The van der Waals surface area contributed by atoms with Crippen molar-refractivity contribution in [2.75, 3.05) is 28.4 Å². The minimum Gasteiger partial charge on any atom is -0.468 e. The molecule has 2 aliphatic carbocycles. The first kappa shape index (κ1) is 16.2. The molecule has 0 amide bonds. The first-order valence-electron chi connectivity index (χ1n) is 8.56. The quantitative estimate of drug-likeness (QED) is 0.456. The maximum absolute atomic E-state index is 13.0. The molecule has 7 heteroatoms. The number of hydrogen-bond donors (Lipinski definition) is 0. The highest BCUT2D eigenvalue weighted by molar-refractivity contribution is 6.02. The summed E-state index contributed by atoms with van der Waals surface area (Å²) in [6.45, 7) is 0. The van der Waals surface area contributed by atoms with Crippen molar-refractivity contribution in [3.8, 4) is 0 Å². The van der Waals surface area contributed by atoms with Crippen LogP contribution in [0.4, 0.5) is 0 Å². The normalized spacial score (nSPS) is 42.2. The minimum absolute atomic E-state index is 0.270. The van der Waals surface area contributed by atoms with Crippen LogP contribution in [-0.4, -0.2) is 46.2 Å². The first-order valence-corrected chi connectivity index (χ1v) is 8.56. The highest BCUT2D eigenvalue weighted by Crippen LogP contribution is 2.96. The second-order valence-corrected chi connectivity index (χ2v) is 7.28. The molecule has 1 saturated heterocycles. The van der Waals surface area contributed by atoms with E-state index in [4.69, 9.17) is 23.7 Å². The van der Waals surface area contributed by atoms with Gasteiger partial charge in [-0.05, 0) is 11.1 Å². The summed E-state index contributed by atoms with van der Waals surface area (Å²) in [5.74, 6) is -3.01. The molecule has 26 heavy (non-hydrogen) atoms. The third-order valence-corrected chi connectivity index (χ3v) is 7.13. The lowest BCUT2D eigenvalue weighted by molar-refractivity contribution is -0.188. The van der Waals surface area contributed by atoms with Gasteiger partial charge >= 0.3 is 11.9 Å². The number of hydrogen-bond acceptors (Lipinski definition) is 7. The van der Waals surface area contributed by atoms with Gasteiger partial charge in [0.2, 0.25) is 5.79 Å². The van der Waals surface area contributed by atoms with Crippen molar-refractivity contribution < 1.29 is 33.3 Å². The van der Waals surface area contributed by atoms with Gasteiger partial charge in [0.15, 0.2) is 10.8 Å². The van der Waals surface area contributed by atoms with Gasteiger partial charge in [0.1, 0.15) is 0 Å². The molecule has 3 fully saturated rings. The third-order valence-electron chi connectivity index (χ3n) is 7.13. The molecule has 6 atom stereocenters. The van der Waals surface area contributed by atoms with E-state index in [-0.39, 0.29) is 24.0 Å². The van der Waals surface area contributed by atoms with Crippen molar-refractivity contribution in [2.24, 2.45) is 22.7 Å². The SMILES string of the molecule is COC(=O)[C@@]12C3C([C@@H]4O[C@H]3c3ccccc34)[C@]1(C(=O)OC)C2(OC)OC. The van der Waals surface area contributed by atoms with Crippen molar-refractivity contribution in [2.45, 2.75) is 18.0 Å². The lowest BCUT2D eigenvalue weighted by atomic mass is 9.51. The predicted octanol–water partition coefficient (Wildman–Crippen LogP) is 1.38. The Balaban J connectivity index is 1.75. The van der Waals surface area contributed by atoms with Gasteiger partial charge in [0.05, 0.1) is 26.4 Å². The van der Waals surface area contributed by atoms with E-state index in [9.17, 15) is 9.59 Å². The Morgan fingerprint density at radius 1 is 0.846 bits per heavy atom. The maximum atomic E-state index is 13.0. The summed E-state index contributed by atoms with van der Waals surface area (Å²) in [4.78, 5) is 26.0. The lowest BCUT2D eigenvalue weighted by Gasteiger charge is -2.46. The average molecular weight is 360 g/mol. The number of fused-ring (bicyclic) bond motifs is 11. The number of carbonyl (C=O) groups is 2. The molecular weight excluding hydrogens is 340 g/mol. The molecule has 2 bridgehead atoms. The van der Waals surface area contributed by atoms with Crippen molar-refractivity contribution >= 4 is 11.9 Å². The third kappa shape index (κ3) is 1.15. The second-order valence-electron chi connectivity index (χ2n) is 7.28. The average Bonchev–Trinajstić information content (AvgIpc) is 2.94. The molecule has 4 aliphatic rings. The van der Waals surface area contributed by atoms with E-state index in [0.29, 0.717) is 0 Å². The summed E-state index contributed by atoms with van der Waals surface area (Å²) in [6.07, 6.45) is -0.601. The summed E-state index contributed by atoms with van der Waals surface area (Å²) < 4.78 is 27.9. The van der Waals surface area contributed by atoms with Gasteiger partial charge in [-0.15, -0.1) is 0 Å². The molecule has 0 spiro atoms. The Hall–Kier alpha value is -1.96. The largest absolute Gasteiger partial charge is 0.468 e. The van der Waals surface area contributed by atoms with Crippen molar-refractivity contribution in [3.05, 3.63) is 35.4 Å². The zero-order valence-corrected chi connectivity index (χ0v) is 15.0. The van der Waals surface area contributed by atoms with Crippen LogP contribution < -0.4 is 0 Å². The molecule has 2 unspecified atom stereocenters. The Bertz CT molecular complexity index is 768. The van der Waals surface area contributed by atoms with Gasteiger partial charge in [-0.25, -0.2) is 0 Å². The predicted molar refractivity (Wildman–Crippen MR) is 85.6 cm³/mol. The van der Waals surface area contributed by atoms with Gasteiger partial charge < -0.3 is 23.7 Å².